The number of carbonyl (C=O) groups is 2. The van der Waals surface area contributed by atoms with Gasteiger partial charge in [-0.05, 0) is 71.6 Å². The van der Waals surface area contributed by atoms with Gasteiger partial charge in [0.25, 0.3) is 0 Å². The summed E-state index contributed by atoms with van der Waals surface area (Å²) in [5.74, 6) is -2.13. The fourth-order valence-electron chi connectivity index (χ4n) is 5.80. The van der Waals surface area contributed by atoms with Gasteiger partial charge < -0.3 is 19.7 Å². The molecule has 0 saturated carbocycles. The minimum Gasteiger partial charge on any atom is -0.530 e. The minimum absolute atomic E-state index is 0.0225. The fraction of sp³-hybridized carbons (Fsp3) is 0.517. The molecule has 1 fully saturated rings. The average Bonchev–Trinajstić information content (AvgIpc) is 2.85. The Morgan fingerprint density at radius 3 is 1.98 bits per heavy atom. The monoisotopic (exact) mass is 589 g/mol. The highest BCUT2D eigenvalue weighted by molar-refractivity contribution is 5.77. The van der Waals surface area contributed by atoms with Gasteiger partial charge in [-0.15, -0.1) is 0 Å². The lowest BCUT2D eigenvalue weighted by atomic mass is 9.66. The number of benzene rings is 2. The van der Waals surface area contributed by atoms with E-state index in [1.807, 2.05) is 20.8 Å². The van der Waals surface area contributed by atoms with Crippen molar-refractivity contribution in [2.75, 3.05) is 13.6 Å². The van der Waals surface area contributed by atoms with E-state index in [1.165, 1.54) is 36.2 Å². The molecule has 0 spiro atoms. The molecule has 41 heavy (non-hydrogen) atoms. The summed E-state index contributed by atoms with van der Waals surface area (Å²) in [6.45, 7) is 5.27. The highest BCUT2D eigenvalue weighted by atomic mass is 19.4. The molecule has 1 aliphatic heterocycles. The molecule has 1 aliphatic rings. The van der Waals surface area contributed by atoms with Crippen molar-refractivity contribution in [2.24, 2.45) is 11.3 Å². The van der Waals surface area contributed by atoms with Crippen LogP contribution in [0.4, 0.5) is 35.5 Å². The molecule has 2 aromatic rings. The van der Waals surface area contributed by atoms with Crippen molar-refractivity contribution < 1.29 is 45.4 Å². The molecule has 3 unspecified atom stereocenters. The molecular formula is C29H32F7N2O3-. The molecule has 3 atom stereocenters. The van der Waals surface area contributed by atoms with E-state index in [0.717, 1.165) is 4.90 Å². The third-order valence-electron chi connectivity index (χ3n) is 7.50. The maximum atomic E-state index is 13.8. The Labute approximate surface area is 233 Å². The Balaban J connectivity index is 1.96. The van der Waals surface area contributed by atoms with Crippen LogP contribution >= 0.6 is 0 Å². The summed E-state index contributed by atoms with van der Waals surface area (Å²) in [5, 5.41) is 12.0. The Bertz CT molecular complexity index is 1200. The Kier molecular flexibility index (Phi) is 9.34. The van der Waals surface area contributed by atoms with Gasteiger partial charge in [-0.2, -0.15) is 26.3 Å². The van der Waals surface area contributed by atoms with Crippen LogP contribution in [0.1, 0.15) is 68.2 Å². The van der Waals surface area contributed by atoms with Gasteiger partial charge in [-0.25, -0.2) is 4.39 Å². The van der Waals surface area contributed by atoms with Gasteiger partial charge in [0, 0.05) is 32.6 Å². The van der Waals surface area contributed by atoms with Crippen molar-refractivity contribution >= 4 is 12.0 Å². The van der Waals surface area contributed by atoms with E-state index < -0.39 is 71.1 Å². The lowest BCUT2D eigenvalue weighted by Crippen LogP contribution is -2.59. The van der Waals surface area contributed by atoms with E-state index in [1.54, 1.807) is 0 Å². The SMILES string of the molecule is CN(Cc1cc(C(F)(F)F)cc(C(F)(F)F)c1)C(=O)CC(c1ccc(F)cc1)C1CCCN(C(=O)[O-])C1C(C)(C)C. The largest absolute Gasteiger partial charge is 0.530 e. The predicted molar refractivity (Wildman–Crippen MR) is 135 cm³/mol. The molecule has 5 nitrogen and oxygen atoms in total. The van der Waals surface area contributed by atoms with Crippen molar-refractivity contribution in [3.8, 4) is 0 Å². The molecule has 0 bridgehead atoms. The number of likely N-dealkylation sites (tertiary alicyclic amines) is 1. The first-order chi connectivity index (χ1) is 18.8. The number of piperidine rings is 1. The molecule has 3 rings (SSSR count). The molecule has 1 saturated heterocycles. The average molecular weight is 590 g/mol. The summed E-state index contributed by atoms with van der Waals surface area (Å²) in [5.41, 5.74) is -3.33. The van der Waals surface area contributed by atoms with Crippen molar-refractivity contribution in [1.29, 1.82) is 0 Å². The fourth-order valence-corrected chi connectivity index (χ4v) is 5.80. The van der Waals surface area contributed by atoms with Gasteiger partial charge >= 0.3 is 12.4 Å². The van der Waals surface area contributed by atoms with Crippen LogP contribution < -0.4 is 5.11 Å². The number of halogens is 7. The Morgan fingerprint density at radius 1 is 0.976 bits per heavy atom. The summed E-state index contributed by atoms with van der Waals surface area (Å²) in [6.07, 6.45) is -10.6. The highest BCUT2D eigenvalue weighted by Crippen LogP contribution is 2.45. The lowest BCUT2D eigenvalue weighted by molar-refractivity contribution is -0.273. The first-order valence-corrected chi connectivity index (χ1v) is 13.0. The molecule has 2 amide bonds. The zero-order valence-corrected chi connectivity index (χ0v) is 23.1. The van der Waals surface area contributed by atoms with Crippen molar-refractivity contribution in [2.45, 2.75) is 70.9 Å². The van der Waals surface area contributed by atoms with E-state index in [2.05, 4.69) is 0 Å². The number of carboxylic acid groups (broad SMARTS) is 1. The van der Waals surface area contributed by atoms with Crippen LogP contribution in [0.2, 0.25) is 0 Å². The van der Waals surface area contributed by atoms with E-state index in [0.29, 0.717) is 30.5 Å². The standard InChI is InChI=1S/C29H33F7N2O3/c1-27(2,3)25-22(6-5-11-38(25)26(40)41)23(18-7-9-21(30)10-8-18)15-24(39)37(4)16-17-12-19(28(31,32)33)14-20(13-17)29(34,35)36/h7-10,12-14,22-23,25H,5-6,11,15-16H2,1-4H3,(H,40,41)/p-1. The molecule has 0 radical (unpaired) electrons. The van der Waals surface area contributed by atoms with Gasteiger partial charge in [-0.3, -0.25) is 4.79 Å². The number of alkyl halides is 6. The minimum atomic E-state index is -5.03. The molecule has 0 aromatic heterocycles. The van der Waals surface area contributed by atoms with Crippen LogP contribution in [-0.2, 0) is 23.7 Å². The van der Waals surface area contributed by atoms with E-state index in [9.17, 15) is 45.4 Å². The van der Waals surface area contributed by atoms with Crippen LogP contribution in [-0.4, -0.2) is 41.4 Å². The predicted octanol–water partition coefficient (Wildman–Crippen LogP) is 6.47. The van der Waals surface area contributed by atoms with Crippen LogP contribution in [0.15, 0.2) is 42.5 Å². The zero-order valence-electron chi connectivity index (χ0n) is 23.1. The molecular weight excluding hydrogens is 557 g/mol. The topological polar surface area (TPSA) is 63.7 Å². The first kappa shape index (κ1) is 32.2. The molecule has 2 aromatic carbocycles. The van der Waals surface area contributed by atoms with Crippen LogP contribution in [0.3, 0.4) is 0 Å². The Morgan fingerprint density at radius 2 is 1.51 bits per heavy atom. The number of hydrogen-bond donors (Lipinski definition) is 0. The smallest absolute Gasteiger partial charge is 0.416 e. The quantitative estimate of drug-likeness (QED) is 0.363. The number of amides is 2. The molecule has 12 heteroatoms. The van der Waals surface area contributed by atoms with Crippen LogP contribution in [0.25, 0.3) is 0 Å². The normalized spacial score (nSPS) is 19.1. The van der Waals surface area contributed by atoms with Gasteiger partial charge in [0.1, 0.15) is 11.9 Å². The molecule has 0 N–H and O–H groups in total. The third kappa shape index (κ3) is 7.91. The Hall–Kier alpha value is -3.31. The van der Waals surface area contributed by atoms with E-state index >= 15 is 0 Å². The molecule has 0 aliphatic carbocycles. The third-order valence-corrected chi connectivity index (χ3v) is 7.50. The van der Waals surface area contributed by atoms with Crippen molar-refractivity contribution in [3.63, 3.8) is 0 Å². The summed E-state index contributed by atoms with van der Waals surface area (Å²) < 4.78 is 93.7. The van der Waals surface area contributed by atoms with Crippen molar-refractivity contribution in [3.05, 3.63) is 70.5 Å². The molecule has 226 valence electrons. The second-order valence-corrected chi connectivity index (χ2v) is 11.6. The second-order valence-electron chi connectivity index (χ2n) is 11.6. The number of rotatable bonds is 6. The second kappa shape index (κ2) is 11.9. The van der Waals surface area contributed by atoms with Gasteiger partial charge in [0.05, 0.1) is 11.1 Å². The zero-order chi connectivity index (χ0) is 30.9. The number of hydrogen-bond acceptors (Lipinski definition) is 3. The molecule has 1 heterocycles. The summed E-state index contributed by atoms with van der Waals surface area (Å²) in [6, 6.07) is 6.00. The summed E-state index contributed by atoms with van der Waals surface area (Å²) in [4.78, 5) is 27.7. The number of nitrogens with zero attached hydrogens (tertiary/aromatic N) is 2. The van der Waals surface area contributed by atoms with E-state index in [-0.39, 0.29) is 24.6 Å². The summed E-state index contributed by atoms with van der Waals surface area (Å²) in [7, 11) is 1.27. The number of carbonyl (C=O) groups excluding carboxylic acids is 2. The van der Waals surface area contributed by atoms with Crippen LogP contribution in [0, 0.1) is 17.2 Å². The highest BCUT2D eigenvalue weighted by Gasteiger charge is 2.44. The van der Waals surface area contributed by atoms with Crippen LogP contribution in [0.5, 0.6) is 0 Å². The van der Waals surface area contributed by atoms with Crippen molar-refractivity contribution in [1.82, 2.24) is 9.80 Å². The van der Waals surface area contributed by atoms with Gasteiger partial charge in [0.2, 0.25) is 5.91 Å². The lowest BCUT2D eigenvalue weighted by Gasteiger charge is -2.51. The maximum Gasteiger partial charge on any atom is 0.416 e. The van der Waals surface area contributed by atoms with Gasteiger partial charge in [0.15, 0.2) is 0 Å². The maximum absolute atomic E-state index is 13.8. The first-order valence-electron chi connectivity index (χ1n) is 13.0. The van der Waals surface area contributed by atoms with E-state index in [4.69, 9.17) is 0 Å². The summed E-state index contributed by atoms with van der Waals surface area (Å²) >= 11 is 0. The van der Waals surface area contributed by atoms with Gasteiger partial charge in [-0.1, -0.05) is 32.9 Å².